The number of rotatable bonds is 6. The predicted octanol–water partition coefficient (Wildman–Crippen LogP) is 1.49. The summed E-state index contributed by atoms with van der Waals surface area (Å²) in [6.07, 6.45) is 1.46. The van der Waals surface area contributed by atoms with Crippen LogP contribution in [0.15, 0.2) is 24.3 Å². The van der Waals surface area contributed by atoms with E-state index in [2.05, 4.69) is 0 Å². The van der Waals surface area contributed by atoms with E-state index in [4.69, 9.17) is 10.5 Å². The third-order valence-electron chi connectivity index (χ3n) is 3.56. The summed E-state index contributed by atoms with van der Waals surface area (Å²) in [5, 5.41) is -0.479. The molecule has 0 amide bonds. The van der Waals surface area contributed by atoms with Crippen molar-refractivity contribution in [3.05, 3.63) is 30.1 Å². The quantitative estimate of drug-likeness (QED) is 0.863. The Morgan fingerprint density at radius 2 is 2.05 bits per heavy atom. The van der Waals surface area contributed by atoms with Crippen LogP contribution in [0.4, 0.5) is 10.1 Å². The fourth-order valence-electron chi connectivity index (χ4n) is 2.42. The molecule has 0 saturated carbocycles. The molecule has 7 heteroatoms. The number of hydrogen-bond donors (Lipinski definition) is 1. The minimum Gasteiger partial charge on any atom is -0.381 e. The zero-order valence-corrected chi connectivity index (χ0v) is 12.7. The number of benzene rings is 1. The van der Waals surface area contributed by atoms with E-state index in [1.54, 1.807) is 6.07 Å². The number of sulfonamides is 1. The topological polar surface area (TPSA) is 72.6 Å². The van der Waals surface area contributed by atoms with Gasteiger partial charge in [0.25, 0.3) is 0 Å². The minimum absolute atomic E-state index is 0.264. The molecule has 1 saturated heterocycles. The zero-order valence-electron chi connectivity index (χ0n) is 11.9. The lowest BCUT2D eigenvalue weighted by Gasteiger charge is -2.31. The number of anilines is 1. The van der Waals surface area contributed by atoms with E-state index in [-0.39, 0.29) is 6.54 Å². The Hall–Kier alpha value is -1.18. The molecule has 1 aromatic rings. The molecule has 1 heterocycles. The van der Waals surface area contributed by atoms with Crippen LogP contribution in [0.5, 0.6) is 0 Å². The molecule has 0 radical (unpaired) electrons. The third-order valence-corrected chi connectivity index (χ3v) is 5.88. The lowest BCUT2D eigenvalue weighted by molar-refractivity contribution is 0.0983. The first-order valence-electron chi connectivity index (χ1n) is 7.10. The molecule has 0 spiro atoms. The summed E-state index contributed by atoms with van der Waals surface area (Å²) in [6, 6.07) is 5.66. The van der Waals surface area contributed by atoms with Gasteiger partial charge in [0.05, 0.1) is 10.9 Å². The first-order chi connectivity index (χ1) is 10.1. The van der Waals surface area contributed by atoms with Gasteiger partial charge >= 0.3 is 0 Å². The van der Waals surface area contributed by atoms with Gasteiger partial charge in [0.15, 0.2) is 0 Å². The lowest BCUT2D eigenvalue weighted by atomic mass is 10.2. The summed E-state index contributed by atoms with van der Waals surface area (Å²) in [4.78, 5) is 0. The molecule has 5 nitrogen and oxygen atoms in total. The molecule has 2 N–H and O–H groups in total. The highest BCUT2D eigenvalue weighted by atomic mass is 32.2. The van der Waals surface area contributed by atoms with Crippen LogP contribution in [0.3, 0.4) is 0 Å². The van der Waals surface area contributed by atoms with E-state index in [9.17, 15) is 12.8 Å². The van der Waals surface area contributed by atoms with Gasteiger partial charge in [-0.15, -0.1) is 0 Å². The van der Waals surface area contributed by atoms with Gasteiger partial charge in [-0.1, -0.05) is 6.07 Å². The van der Waals surface area contributed by atoms with E-state index < -0.39 is 21.1 Å². The molecular weight excluding hydrogens is 295 g/mol. The largest absolute Gasteiger partial charge is 0.381 e. The van der Waals surface area contributed by atoms with Crippen molar-refractivity contribution < 1.29 is 17.5 Å². The molecule has 1 fully saturated rings. The van der Waals surface area contributed by atoms with Crippen LogP contribution >= 0.6 is 0 Å². The molecular formula is C14H21FN2O3S. The van der Waals surface area contributed by atoms with Crippen LogP contribution < -0.4 is 10.0 Å². The Bertz CT molecular complexity index is 559. The van der Waals surface area contributed by atoms with Gasteiger partial charge in [-0.3, -0.25) is 4.31 Å². The van der Waals surface area contributed by atoms with Crippen molar-refractivity contribution in [2.75, 3.05) is 30.6 Å². The lowest BCUT2D eigenvalue weighted by Crippen LogP contribution is -2.42. The van der Waals surface area contributed by atoms with Crippen LogP contribution in [0.2, 0.25) is 0 Å². The molecule has 118 valence electrons. The minimum atomic E-state index is -3.54. The highest BCUT2D eigenvalue weighted by molar-refractivity contribution is 7.93. The van der Waals surface area contributed by atoms with Crippen molar-refractivity contribution in [3.63, 3.8) is 0 Å². The van der Waals surface area contributed by atoms with E-state index in [0.29, 0.717) is 44.7 Å². The third kappa shape index (κ3) is 3.93. The van der Waals surface area contributed by atoms with Crippen LogP contribution in [0.25, 0.3) is 0 Å². The molecule has 0 unspecified atom stereocenters. The van der Waals surface area contributed by atoms with Gasteiger partial charge in [0.1, 0.15) is 5.82 Å². The molecule has 1 aliphatic rings. The van der Waals surface area contributed by atoms with Crippen LogP contribution in [0.1, 0.15) is 19.3 Å². The molecule has 0 bridgehead atoms. The van der Waals surface area contributed by atoms with Crippen molar-refractivity contribution in [1.29, 1.82) is 0 Å². The van der Waals surface area contributed by atoms with Crippen molar-refractivity contribution in [3.8, 4) is 0 Å². The van der Waals surface area contributed by atoms with Gasteiger partial charge in [0, 0.05) is 19.8 Å². The molecule has 21 heavy (non-hydrogen) atoms. The average Bonchev–Trinajstić information content (AvgIpc) is 2.48. The van der Waals surface area contributed by atoms with Crippen molar-refractivity contribution in [1.82, 2.24) is 0 Å². The second kappa shape index (κ2) is 7.20. The SMILES string of the molecule is NCCCN(c1cccc(F)c1)S(=O)(=O)C1CCOCC1. The standard InChI is InChI=1S/C14H21FN2O3S/c15-12-3-1-4-13(11-12)17(8-2-7-16)21(18,19)14-5-9-20-10-6-14/h1,3-4,11,14H,2,5-10,16H2. The maximum atomic E-state index is 13.4. The number of nitrogens with two attached hydrogens (primary N) is 1. The van der Waals surface area contributed by atoms with Gasteiger partial charge in [-0.05, 0) is 44.0 Å². The molecule has 2 rings (SSSR count). The summed E-state index contributed by atoms with van der Waals surface area (Å²) in [6.45, 7) is 1.53. The molecule has 0 atom stereocenters. The van der Waals surface area contributed by atoms with Crippen LogP contribution in [-0.4, -0.2) is 40.0 Å². The van der Waals surface area contributed by atoms with Gasteiger partial charge < -0.3 is 10.5 Å². The maximum absolute atomic E-state index is 13.4. The Morgan fingerprint density at radius 3 is 2.67 bits per heavy atom. The number of halogens is 1. The molecule has 0 aliphatic carbocycles. The maximum Gasteiger partial charge on any atom is 0.238 e. The number of hydrogen-bond acceptors (Lipinski definition) is 4. The Labute approximate surface area is 124 Å². The molecule has 1 aliphatic heterocycles. The van der Waals surface area contributed by atoms with Gasteiger partial charge in [-0.2, -0.15) is 0 Å². The highest BCUT2D eigenvalue weighted by Gasteiger charge is 2.33. The normalized spacial score (nSPS) is 16.9. The summed E-state index contributed by atoms with van der Waals surface area (Å²) in [5.41, 5.74) is 5.85. The molecule has 0 aromatic heterocycles. The Morgan fingerprint density at radius 1 is 1.33 bits per heavy atom. The second-order valence-corrected chi connectivity index (χ2v) is 7.19. The second-order valence-electron chi connectivity index (χ2n) is 5.05. The zero-order chi connectivity index (χ0) is 15.3. The van der Waals surface area contributed by atoms with Crippen molar-refractivity contribution in [2.24, 2.45) is 5.73 Å². The predicted molar refractivity (Wildman–Crippen MR) is 80.2 cm³/mol. The first-order valence-corrected chi connectivity index (χ1v) is 8.61. The number of ether oxygens (including phenoxy) is 1. The smallest absolute Gasteiger partial charge is 0.238 e. The fourth-order valence-corrected chi connectivity index (χ4v) is 4.36. The highest BCUT2D eigenvalue weighted by Crippen LogP contribution is 2.26. The molecule has 1 aromatic carbocycles. The van der Waals surface area contributed by atoms with Gasteiger partial charge in [0.2, 0.25) is 10.0 Å². The fraction of sp³-hybridized carbons (Fsp3) is 0.571. The van der Waals surface area contributed by atoms with Crippen molar-refractivity contribution in [2.45, 2.75) is 24.5 Å². The van der Waals surface area contributed by atoms with Gasteiger partial charge in [-0.25, -0.2) is 12.8 Å². The summed E-state index contributed by atoms with van der Waals surface area (Å²) < 4.78 is 45.5. The van der Waals surface area contributed by atoms with E-state index in [1.165, 1.54) is 22.5 Å². The van der Waals surface area contributed by atoms with Crippen molar-refractivity contribution >= 4 is 15.7 Å². The van der Waals surface area contributed by atoms with E-state index in [1.807, 2.05) is 0 Å². The van der Waals surface area contributed by atoms with Crippen LogP contribution in [-0.2, 0) is 14.8 Å². The number of nitrogens with zero attached hydrogens (tertiary/aromatic N) is 1. The van der Waals surface area contributed by atoms with E-state index in [0.717, 1.165) is 0 Å². The van der Waals surface area contributed by atoms with Crippen LogP contribution in [0, 0.1) is 5.82 Å². The summed E-state index contributed by atoms with van der Waals surface area (Å²) >= 11 is 0. The van der Waals surface area contributed by atoms with E-state index >= 15 is 0 Å². The monoisotopic (exact) mass is 316 g/mol. The Kier molecular flexibility index (Phi) is 5.55. The Balaban J connectivity index is 2.30. The summed E-state index contributed by atoms with van der Waals surface area (Å²) in [5.74, 6) is -0.451. The average molecular weight is 316 g/mol. The first kappa shape index (κ1) is 16.2. The summed E-state index contributed by atoms with van der Waals surface area (Å²) in [7, 11) is -3.54.